The van der Waals surface area contributed by atoms with E-state index in [0.29, 0.717) is 6.04 Å². The maximum absolute atomic E-state index is 8.84. The number of aliphatic hydroxyl groups is 1. The van der Waals surface area contributed by atoms with Crippen LogP contribution in [-0.2, 0) is 6.42 Å². The van der Waals surface area contributed by atoms with Crippen LogP contribution in [0.5, 0.6) is 0 Å². The number of aromatic nitrogens is 2. The molecule has 0 saturated heterocycles. The fraction of sp³-hybridized carbons (Fsp3) is 0.714. The van der Waals surface area contributed by atoms with E-state index in [4.69, 9.17) is 5.11 Å². The standard InChI is InChI=1S/C14H26N4O/c1-4-8-15-13-10-14(18-12(5-2)17-13)16-11(3)7-6-9-19/h10-11,19H,4-9H2,1-3H3,(H2,15,16,17,18). The molecular weight excluding hydrogens is 240 g/mol. The van der Waals surface area contributed by atoms with Crippen molar-refractivity contribution < 1.29 is 5.11 Å². The van der Waals surface area contributed by atoms with Crippen LogP contribution in [-0.4, -0.2) is 34.3 Å². The van der Waals surface area contributed by atoms with Gasteiger partial charge in [0.1, 0.15) is 17.5 Å². The van der Waals surface area contributed by atoms with Gasteiger partial charge in [-0.3, -0.25) is 0 Å². The highest BCUT2D eigenvalue weighted by molar-refractivity contribution is 5.48. The quantitative estimate of drug-likeness (QED) is 0.640. The molecule has 5 heteroatoms. The number of nitrogens with zero attached hydrogens (tertiary/aromatic N) is 2. The molecule has 0 aromatic carbocycles. The summed E-state index contributed by atoms with van der Waals surface area (Å²) in [6, 6.07) is 2.25. The van der Waals surface area contributed by atoms with Crippen molar-refractivity contribution in [1.29, 1.82) is 0 Å². The Hall–Kier alpha value is -1.36. The third-order valence-corrected chi connectivity index (χ3v) is 2.83. The van der Waals surface area contributed by atoms with Gasteiger partial charge in [-0.2, -0.15) is 0 Å². The van der Waals surface area contributed by atoms with Crippen molar-refractivity contribution >= 4 is 11.6 Å². The van der Waals surface area contributed by atoms with Crippen molar-refractivity contribution in [3.8, 4) is 0 Å². The largest absolute Gasteiger partial charge is 0.396 e. The Kier molecular flexibility index (Phi) is 7.18. The lowest BCUT2D eigenvalue weighted by molar-refractivity contribution is 0.282. The lowest BCUT2D eigenvalue weighted by Crippen LogP contribution is -2.17. The van der Waals surface area contributed by atoms with E-state index in [1.165, 1.54) is 0 Å². The molecule has 0 aliphatic heterocycles. The monoisotopic (exact) mass is 266 g/mol. The average Bonchev–Trinajstić information content (AvgIpc) is 2.42. The van der Waals surface area contributed by atoms with Crippen LogP contribution in [0.4, 0.5) is 11.6 Å². The van der Waals surface area contributed by atoms with Gasteiger partial charge >= 0.3 is 0 Å². The van der Waals surface area contributed by atoms with E-state index in [1.54, 1.807) is 0 Å². The van der Waals surface area contributed by atoms with Crippen LogP contribution >= 0.6 is 0 Å². The molecule has 0 aliphatic rings. The molecule has 0 spiro atoms. The molecule has 0 bridgehead atoms. The van der Waals surface area contributed by atoms with E-state index in [-0.39, 0.29) is 6.61 Å². The first kappa shape index (κ1) is 15.7. The molecule has 0 amide bonds. The summed E-state index contributed by atoms with van der Waals surface area (Å²) in [6.07, 6.45) is 3.63. The first-order valence-corrected chi connectivity index (χ1v) is 7.18. The molecule has 5 nitrogen and oxygen atoms in total. The zero-order valence-electron chi connectivity index (χ0n) is 12.2. The first-order valence-electron chi connectivity index (χ1n) is 7.18. The van der Waals surface area contributed by atoms with E-state index in [0.717, 1.165) is 49.7 Å². The fourth-order valence-electron chi connectivity index (χ4n) is 1.79. The van der Waals surface area contributed by atoms with Crippen molar-refractivity contribution in [2.45, 2.75) is 52.5 Å². The van der Waals surface area contributed by atoms with Crippen molar-refractivity contribution in [3.05, 3.63) is 11.9 Å². The molecule has 1 heterocycles. The van der Waals surface area contributed by atoms with Crippen LogP contribution in [0.3, 0.4) is 0 Å². The van der Waals surface area contributed by atoms with Crippen LogP contribution in [0.2, 0.25) is 0 Å². The summed E-state index contributed by atoms with van der Waals surface area (Å²) in [7, 11) is 0. The third-order valence-electron chi connectivity index (χ3n) is 2.83. The maximum atomic E-state index is 8.84. The number of nitrogens with one attached hydrogen (secondary N) is 2. The minimum atomic E-state index is 0.235. The van der Waals surface area contributed by atoms with Gasteiger partial charge in [0, 0.05) is 31.7 Å². The summed E-state index contributed by atoms with van der Waals surface area (Å²) in [5, 5.41) is 15.5. The second kappa shape index (κ2) is 8.69. The normalized spacial score (nSPS) is 12.2. The number of hydrogen-bond acceptors (Lipinski definition) is 5. The second-order valence-corrected chi connectivity index (χ2v) is 4.75. The van der Waals surface area contributed by atoms with Gasteiger partial charge < -0.3 is 15.7 Å². The SMILES string of the molecule is CCCNc1cc(NC(C)CCCO)nc(CC)n1. The van der Waals surface area contributed by atoms with E-state index < -0.39 is 0 Å². The zero-order valence-corrected chi connectivity index (χ0v) is 12.2. The molecule has 19 heavy (non-hydrogen) atoms. The molecule has 3 N–H and O–H groups in total. The predicted molar refractivity (Wildman–Crippen MR) is 79.6 cm³/mol. The number of aryl methyl sites for hydroxylation is 1. The predicted octanol–water partition coefficient (Wildman–Crippen LogP) is 2.43. The average molecular weight is 266 g/mol. The molecule has 108 valence electrons. The fourth-order valence-corrected chi connectivity index (χ4v) is 1.79. The van der Waals surface area contributed by atoms with Crippen LogP contribution in [0, 0.1) is 0 Å². The van der Waals surface area contributed by atoms with Gasteiger partial charge in [-0.25, -0.2) is 9.97 Å². The lowest BCUT2D eigenvalue weighted by Gasteiger charge is -2.15. The highest BCUT2D eigenvalue weighted by Gasteiger charge is 2.06. The van der Waals surface area contributed by atoms with Gasteiger partial charge in [-0.05, 0) is 26.2 Å². The number of rotatable bonds is 9. The highest BCUT2D eigenvalue weighted by Crippen LogP contribution is 2.14. The van der Waals surface area contributed by atoms with Crippen molar-refractivity contribution in [1.82, 2.24) is 9.97 Å². The van der Waals surface area contributed by atoms with Gasteiger partial charge in [0.15, 0.2) is 0 Å². The van der Waals surface area contributed by atoms with Gasteiger partial charge in [-0.15, -0.1) is 0 Å². The van der Waals surface area contributed by atoms with Gasteiger partial charge in [0.2, 0.25) is 0 Å². The molecular formula is C14H26N4O. The summed E-state index contributed by atoms with van der Waals surface area (Å²) in [5.74, 6) is 2.58. The van der Waals surface area contributed by atoms with Gasteiger partial charge in [0.05, 0.1) is 0 Å². The summed E-state index contributed by atoms with van der Waals surface area (Å²) in [4.78, 5) is 8.94. The minimum Gasteiger partial charge on any atom is -0.396 e. The van der Waals surface area contributed by atoms with E-state index in [2.05, 4.69) is 41.4 Å². The summed E-state index contributed by atoms with van der Waals surface area (Å²) < 4.78 is 0. The Bertz CT molecular complexity index is 370. The Morgan fingerprint density at radius 3 is 2.63 bits per heavy atom. The van der Waals surface area contributed by atoms with Gasteiger partial charge in [0.25, 0.3) is 0 Å². The van der Waals surface area contributed by atoms with E-state index >= 15 is 0 Å². The molecule has 1 aromatic heterocycles. The number of aliphatic hydroxyl groups excluding tert-OH is 1. The van der Waals surface area contributed by atoms with Crippen molar-refractivity contribution in [2.24, 2.45) is 0 Å². The number of anilines is 2. The summed E-state index contributed by atoms with van der Waals surface area (Å²) in [5.41, 5.74) is 0. The molecule has 1 atom stereocenters. The Morgan fingerprint density at radius 2 is 2.00 bits per heavy atom. The van der Waals surface area contributed by atoms with Crippen LogP contribution in [0.25, 0.3) is 0 Å². The first-order chi connectivity index (χ1) is 9.19. The van der Waals surface area contributed by atoms with Crippen LogP contribution in [0.15, 0.2) is 6.07 Å². The molecule has 0 saturated carbocycles. The van der Waals surface area contributed by atoms with Crippen LogP contribution in [0.1, 0.15) is 45.9 Å². The smallest absolute Gasteiger partial charge is 0.132 e. The Morgan fingerprint density at radius 1 is 1.26 bits per heavy atom. The third kappa shape index (κ3) is 5.87. The van der Waals surface area contributed by atoms with Crippen LogP contribution < -0.4 is 10.6 Å². The molecule has 1 unspecified atom stereocenters. The minimum absolute atomic E-state index is 0.235. The maximum Gasteiger partial charge on any atom is 0.132 e. The van der Waals surface area contributed by atoms with E-state index in [9.17, 15) is 0 Å². The lowest BCUT2D eigenvalue weighted by atomic mass is 10.2. The summed E-state index contributed by atoms with van der Waals surface area (Å²) in [6.45, 7) is 7.43. The highest BCUT2D eigenvalue weighted by atomic mass is 16.2. The zero-order chi connectivity index (χ0) is 14.1. The van der Waals surface area contributed by atoms with E-state index in [1.807, 2.05) is 6.07 Å². The number of hydrogen-bond donors (Lipinski definition) is 3. The molecule has 0 fully saturated rings. The second-order valence-electron chi connectivity index (χ2n) is 4.75. The topological polar surface area (TPSA) is 70.1 Å². The Balaban J connectivity index is 2.69. The molecule has 1 rings (SSSR count). The van der Waals surface area contributed by atoms with Crippen molar-refractivity contribution in [3.63, 3.8) is 0 Å². The molecule has 1 aromatic rings. The summed E-state index contributed by atoms with van der Waals surface area (Å²) >= 11 is 0. The Labute approximate surface area is 115 Å². The molecule has 0 aliphatic carbocycles. The van der Waals surface area contributed by atoms with Gasteiger partial charge in [-0.1, -0.05) is 13.8 Å². The molecule has 0 radical (unpaired) electrons. The van der Waals surface area contributed by atoms with Crippen molar-refractivity contribution in [2.75, 3.05) is 23.8 Å².